The number of aliphatic carboxylic acids is 1. The molecule has 0 fully saturated rings. The van der Waals surface area contributed by atoms with Gasteiger partial charge in [-0.05, 0) is 39.0 Å². The number of unbranched alkanes of at least 4 members (excludes halogenated alkanes) is 10. The minimum atomic E-state index is -0.690. The van der Waals surface area contributed by atoms with E-state index in [0.717, 1.165) is 19.3 Å². The Balaban J connectivity index is 3.33. The van der Waals surface area contributed by atoms with Crippen LogP contribution >= 0.6 is 0 Å². The zero-order chi connectivity index (χ0) is 17.2. The van der Waals surface area contributed by atoms with E-state index < -0.39 is 5.97 Å². The monoisotopic (exact) mass is 322 g/mol. The highest BCUT2D eigenvalue weighted by molar-refractivity contribution is 5.71. The third-order valence-electron chi connectivity index (χ3n) is 4.27. The summed E-state index contributed by atoms with van der Waals surface area (Å²) in [6.07, 6.45) is 24.3. The summed E-state index contributed by atoms with van der Waals surface area (Å²) in [5.41, 5.74) is 0. The molecule has 2 heteroatoms. The van der Waals surface area contributed by atoms with Crippen molar-refractivity contribution in [2.24, 2.45) is 5.92 Å². The van der Waals surface area contributed by atoms with Crippen LogP contribution in [0.2, 0.25) is 0 Å². The zero-order valence-electron chi connectivity index (χ0n) is 15.4. The second-order valence-corrected chi connectivity index (χ2v) is 6.49. The van der Waals surface area contributed by atoms with E-state index in [1.165, 1.54) is 64.2 Å². The van der Waals surface area contributed by atoms with Crippen LogP contribution in [0.1, 0.15) is 97.3 Å². The molecule has 0 bridgehead atoms. The molecule has 0 rings (SSSR count). The number of rotatable bonds is 16. The first-order valence-electron chi connectivity index (χ1n) is 9.73. The van der Waals surface area contributed by atoms with Gasteiger partial charge in [-0.25, -0.2) is 0 Å². The topological polar surface area (TPSA) is 37.3 Å². The van der Waals surface area contributed by atoms with Gasteiger partial charge in [0, 0.05) is 0 Å². The molecule has 0 heterocycles. The first-order chi connectivity index (χ1) is 11.2. The lowest BCUT2D eigenvalue weighted by molar-refractivity contribution is -0.140. The fourth-order valence-corrected chi connectivity index (χ4v) is 2.79. The van der Waals surface area contributed by atoms with Crippen LogP contribution in [0.25, 0.3) is 0 Å². The van der Waals surface area contributed by atoms with Crippen molar-refractivity contribution >= 4 is 5.97 Å². The van der Waals surface area contributed by atoms with Crippen LogP contribution in [-0.2, 0) is 4.79 Å². The molecular formula is C21H38O2. The number of carboxylic acids is 1. The summed E-state index contributed by atoms with van der Waals surface area (Å²) < 4.78 is 0. The number of carboxylic acid groups (broad SMARTS) is 1. The Morgan fingerprint density at radius 1 is 0.870 bits per heavy atom. The molecule has 0 aliphatic carbocycles. The highest BCUT2D eigenvalue weighted by Gasteiger charge is 2.12. The Morgan fingerprint density at radius 3 is 1.91 bits per heavy atom. The van der Waals surface area contributed by atoms with Crippen molar-refractivity contribution in [3.63, 3.8) is 0 Å². The van der Waals surface area contributed by atoms with Gasteiger partial charge in [-0.3, -0.25) is 4.79 Å². The van der Waals surface area contributed by atoms with E-state index in [2.05, 4.69) is 19.1 Å². The van der Waals surface area contributed by atoms with Crippen molar-refractivity contribution in [2.75, 3.05) is 0 Å². The van der Waals surface area contributed by atoms with Gasteiger partial charge in [-0.1, -0.05) is 82.6 Å². The molecule has 2 nitrogen and oxygen atoms in total. The molecule has 0 aromatic heterocycles. The van der Waals surface area contributed by atoms with Gasteiger partial charge in [0.05, 0.1) is 5.92 Å². The van der Waals surface area contributed by atoms with E-state index in [-0.39, 0.29) is 5.92 Å². The second kappa shape index (κ2) is 17.3. The fourth-order valence-electron chi connectivity index (χ4n) is 2.79. The van der Waals surface area contributed by atoms with Crippen LogP contribution in [0.15, 0.2) is 24.3 Å². The van der Waals surface area contributed by atoms with Crippen molar-refractivity contribution in [3.8, 4) is 0 Å². The van der Waals surface area contributed by atoms with Gasteiger partial charge in [0.25, 0.3) is 0 Å². The lowest BCUT2D eigenvalue weighted by Crippen LogP contribution is -2.10. The molecule has 1 N–H and O–H groups in total. The number of allylic oxidation sites excluding steroid dienone is 3. The zero-order valence-corrected chi connectivity index (χ0v) is 15.4. The first kappa shape index (κ1) is 21.9. The van der Waals surface area contributed by atoms with E-state index in [1.807, 2.05) is 13.0 Å². The molecule has 0 radical (unpaired) electrons. The minimum absolute atomic E-state index is 0.289. The van der Waals surface area contributed by atoms with Crippen LogP contribution < -0.4 is 0 Å². The number of carbonyl (C=O) groups is 1. The molecule has 1 atom stereocenters. The van der Waals surface area contributed by atoms with Crippen LogP contribution in [0.4, 0.5) is 0 Å². The van der Waals surface area contributed by atoms with E-state index in [4.69, 9.17) is 5.11 Å². The third kappa shape index (κ3) is 15.6. The van der Waals surface area contributed by atoms with Crippen molar-refractivity contribution in [1.82, 2.24) is 0 Å². The summed E-state index contributed by atoms with van der Waals surface area (Å²) in [5.74, 6) is -0.980. The Bertz CT molecular complexity index is 318. The number of hydrogen-bond acceptors (Lipinski definition) is 1. The van der Waals surface area contributed by atoms with Gasteiger partial charge >= 0.3 is 5.97 Å². The van der Waals surface area contributed by atoms with E-state index in [1.54, 1.807) is 6.08 Å². The lowest BCUT2D eigenvalue weighted by atomic mass is 9.99. The normalized spacial score (nSPS) is 13.1. The van der Waals surface area contributed by atoms with E-state index in [9.17, 15) is 4.79 Å². The fraction of sp³-hybridized carbons (Fsp3) is 0.762. The van der Waals surface area contributed by atoms with Crippen molar-refractivity contribution in [1.29, 1.82) is 0 Å². The highest BCUT2D eigenvalue weighted by Crippen LogP contribution is 2.14. The summed E-state index contributed by atoms with van der Waals surface area (Å²) in [7, 11) is 0. The third-order valence-corrected chi connectivity index (χ3v) is 4.27. The van der Waals surface area contributed by atoms with Crippen LogP contribution in [-0.4, -0.2) is 11.1 Å². The van der Waals surface area contributed by atoms with Gasteiger partial charge in [-0.2, -0.15) is 0 Å². The summed E-state index contributed by atoms with van der Waals surface area (Å²) >= 11 is 0. The van der Waals surface area contributed by atoms with Crippen molar-refractivity contribution in [3.05, 3.63) is 24.3 Å². The van der Waals surface area contributed by atoms with Crippen molar-refractivity contribution in [2.45, 2.75) is 97.3 Å². The predicted molar refractivity (Wildman–Crippen MR) is 101 cm³/mol. The summed E-state index contributed by atoms with van der Waals surface area (Å²) in [6, 6.07) is 0. The van der Waals surface area contributed by atoms with E-state index >= 15 is 0 Å². The summed E-state index contributed by atoms with van der Waals surface area (Å²) in [5, 5.41) is 9.05. The molecular weight excluding hydrogens is 284 g/mol. The van der Waals surface area contributed by atoms with Gasteiger partial charge in [-0.15, -0.1) is 0 Å². The Labute approximate surface area is 144 Å². The molecule has 0 saturated carbocycles. The molecule has 23 heavy (non-hydrogen) atoms. The van der Waals surface area contributed by atoms with Crippen molar-refractivity contribution < 1.29 is 9.90 Å². The van der Waals surface area contributed by atoms with Crippen LogP contribution in [0.5, 0.6) is 0 Å². The quantitative estimate of drug-likeness (QED) is 0.247. The molecule has 0 amide bonds. The maximum absolute atomic E-state index is 11.0. The number of hydrogen-bond donors (Lipinski definition) is 1. The molecule has 0 aliphatic rings. The molecule has 0 aliphatic heterocycles. The van der Waals surface area contributed by atoms with E-state index in [0.29, 0.717) is 0 Å². The summed E-state index contributed by atoms with van der Waals surface area (Å²) in [4.78, 5) is 11.0. The molecule has 0 spiro atoms. The van der Waals surface area contributed by atoms with Gasteiger partial charge in [0.2, 0.25) is 0 Å². The maximum Gasteiger partial charge on any atom is 0.310 e. The molecule has 0 aromatic carbocycles. The van der Waals surface area contributed by atoms with Gasteiger partial charge in [0.1, 0.15) is 0 Å². The average Bonchev–Trinajstić information content (AvgIpc) is 2.54. The molecule has 1 unspecified atom stereocenters. The Kier molecular flexibility index (Phi) is 16.5. The Hall–Kier alpha value is -1.05. The van der Waals surface area contributed by atoms with Gasteiger partial charge < -0.3 is 5.11 Å². The van der Waals surface area contributed by atoms with Crippen LogP contribution in [0.3, 0.4) is 0 Å². The highest BCUT2D eigenvalue weighted by atomic mass is 16.4. The SMILES string of the molecule is CC=CC(CCCCCCCC/C=C/CCCCCC)C(=O)O. The largest absolute Gasteiger partial charge is 0.481 e. The second-order valence-electron chi connectivity index (χ2n) is 6.49. The standard InChI is InChI=1S/C21H38O2/c1-3-5-6-7-8-9-10-11-12-13-14-15-16-17-19-20(18-4-2)21(22)23/h4,9-10,18,20H,3,5-8,11-17,19H2,1-2H3,(H,22,23)/b10-9+,18-4?. The minimum Gasteiger partial charge on any atom is -0.481 e. The maximum atomic E-state index is 11.0. The molecule has 134 valence electrons. The van der Waals surface area contributed by atoms with Gasteiger partial charge in [0.15, 0.2) is 0 Å². The smallest absolute Gasteiger partial charge is 0.310 e. The van der Waals surface area contributed by atoms with Crippen LogP contribution in [0, 0.1) is 5.92 Å². The average molecular weight is 323 g/mol. The predicted octanol–water partition coefficient (Wildman–Crippen LogP) is 6.91. The lowest BCUT2D eigenvalue weighted by Gasteiger charge is -2.07. The summed E-state index contributed by atoms with van der Waals surface area (Å²) in [6.45, 7) is 4.14. The molecule has 0 aromatic rings. The first-order valence-corrected chi connectivity index (χ1v) is 9.73. The molecule has 0 saturated heterocycles. The Morgan fingerprint density at radius 2 is 1.39 bits per heavy atom.